The Kier molecular flexibility index (Phi) is 5.59. The van der Waals surface area contributed by atoms with E-state index >= 15 is 0 Å². The number of aromatic nitrogens is 3. The first-order chi connectivity index (χ1) is 13.8. The fourth-order valence-electron chi connectivity index (χ4n) is 2.41. The molecule has 30 heavy (non-hydrogen) atoms. The maximum atomic E-state index is 13.0. The van der Waals surface area contributed by atoms with Crippen molar-refractivity contribution in [3.8, 4) is 23.4 Å². The lowest BCUT2D eigenvalue weighted by Gasteiger charge is -2.12. The summed E-state index contributed by atoms with van der Waals surface area (Å²) in [6.07, 6.45) is -9.33. The number of aryl methyl sites for hydroxylation is 2. The van der Waals surface area contributed by atoms with E-state index in [2.05, 4.69) is 10.1 Å². The Morgan fingerprint density at radius 2 is 1.53 bits per heavy atom. The molecule has 0 aliphatic heterocycles. The summed E-state index contributed by atoms with van der Waals surface area (Å²) in [5.41, 5.74) is -1.69. The van der Waals surface area contributed by atoms with Gasteiger partial charge in [-0.05, 0) is 30.7 Å². The van der Waals surface area contributed by atoms with Gasteiger partial charge in [-0.25, -0.2) is 4.68 Å². The van der Waals surface area contributed by atoms with E-state index in [1.54, 1.807) is 6.92 Å². The first-order valence-electron chi connectivity index (χ1n) is 8.15. The van der Waals surface area contributed by atoms with E-state index in [4.69, 9.17) is 21.1 Å². The third-order valence-corrected chi connectivity index (χ3v) is 4.05. The normalized spacial score (nSPS) is 12.2. The van der Waals surface area contributed by atoms with Gasteiger partial charge in [0.25, 0.3) is 0 Å². The molecular formula is C18H12ClF6N3O2. The summed E-state index contributed by atoms with van der Waals surface area (Å²) >= 11 is 5.57. The molecule has 0 unspecified atom stereocenters. The summed E-state index contributed by atoms with van der Waals surface area (Å²) in [5, 5.41) is 2.83. The van der Waals surface area contributed by atoms with Crippen LogP contribution in [0.5, 0.6) is 23.4 Å². The van der Waals surface area contributed by atoms with Gasteiger partial charge in [-0.15, -0.1) is 0 Å². The monoisotopic (exact) mass is 451 g/mol. The van der Waals surface area contributed by atoms with Gasteiger partial charge in [-0.1, -0.05) is 11.6 Å². The number of nitrogens with zero attached hydrogens (tertiary/aromatic N) is 3. The van der Waals surface area contributed by atoms with Crippen molar-refractivity contribution in [2.45, 2.75) is 19.3 Å². The molecule has 0 spiro atoms. The van der Waals surface area contributed by atoms with Gasteiger partial charge < -0.3 is 9.47 Å². The van der Waals surface area contributed by atoms with E-state index < -0.39 is 28.6 Å². The zero-order chi connectivity index (χ0) is 22.3. The molecule has 2 aromatic heterocycles. The van der Waals surface area contributed by atoms with E-state index in [0.717, 1.165) is 10.7 Å². The first kappa shape index (κ1) is 21.8. The Bertz CT molecular complexity index is 1080. The van der Waals surface area contributed by atoms with Crippen LogP contribution in [0.15, 0.2) is 36.4 Å². The average Bonchev–Trinajstić information content (AvgIpc) is 2.96. The maximum absolute atomic E-state index is 13.0. The molecule has 0 saturated carbocycles. The number of hydrogen-bond donors (Lipinski definition) is 0. The lowest BCUT2D eigenvalue weighted by atomic mass is 10.2. The van der Waals surface area contributed by atoms with Crippen molar-refractivity contribution >= 4 is 11.6 Å². The van der Waals surface area contributed by atoms with E-state index in [0.29, 0.717) is 17.7 Å². The summed E-state index contributed by atoms with van der Waals surface area (Å²) < 4.78 is 88.9. The van der Waals surface area contributed by atoms with Crippen molar-refractivity contribution < 1.29 is 35.8 Å². The zero-order valence-corrected chi connectivity index (χ0v) is 16.0. The number of benzene rings is 1. The van der Waals surface area contributed by atoms with Gasteiger partial charge in [0.15, 0.2) is 5.69 Å². The van der Waals surface area contributed by atoms with Crippen LogP contribution >= 0.6 is 11.6 Å². The summed E-state index contributed by atoms with van der Waals surface area (Å²) in [6.45, 7) is 1.62. The first-order valence-corrected chi connectivity index (χ1v) is 8.53. The van der Waals surface area contributed by atoms with Gasteiger partial charge in [0, 0.05) is 25.2 Å². The van der Waals surface area contributed by atoms with E-state index in [1.165, 1.54) is 25.2 Å². The second-order valence-electron chi connectivity index (χ2n) is 6.15. The zero-order valence-electron chi connectivity index (χ0n) is 15.3. The molecule has 0 amide bonds. The smallest absolute Gasteiger partial charge is 0.435 e. The molecule has 0 saturated heterocycles. The number of ether oxygens (including phenoxy) is 2. The third kappa shape index (κ3) is 4.96. The van der Waals surface area contributed by atoms with Crippen molar-refractivity contribution in [1.82, 2.24) is 14.8 Å². The maximum Gasteiger partial charge on any atom is 0.435 e. The molecule has 0 N–H and O–H groups in total. The van der Waals surface area contributed by atoms with Crippen molar-refractivity contribution in [3.05, 3.63) is 58.2 Å². The van der Waals surface area contributed by atoms with Crippen molar-refractivity contribution in [2.24, 2.45) is 7.05 Å². The van der Waals surface area contributed by atoms with Crippen molar-refractivity contribution in [3.63, 3.8) is 0 Å². The van der Waals surface area contributed by atoms with Crippen LogP contribution in [0.25, 0.3) is 0 Å². The number of alkyl halides is 6. The number of halogens is 7. The van der Waals surface area contributed by atoms with Crippen LogP contribution < -0.4 is 9.47 Å². The molecule has 3 rings (SSSR count). The van der Waals surface area contributed by atoms with Crippen LogP contribution in [0.4, 0.5) is 26.3 Å². The Hall–Kier alpha value is -2.95. The Morgan fingerprint density at radius 1 is 0.900 bits per heavy atom. The third-order valence-electron chi connectivity index (χ3n) is 3.72. The van der Waals surface area contributed by atoms with E-state index in [1.807, 2.05) is 0 Å². The molecule has 160 valence electrons. The van der Waals surface area contributed by atoms with Crippen LogP contribution in [0.1, 0.15) is 16.8 Å². The molecule has 0 atom stereocenters. The summed E-state index contributed by atoms with van der Waals surface area (Å²) in [6, 6.07) is 6.48. The molecule has 0 fully saturated rings. The molecule has 1 aromatic carbocycles. The molecule has 12 heteroatoms. The SMILES string of the molecule is Cc1cc(Oc2ccc(Cl)c(C(F)(F)F)c2)nc(Oc2cc(C(F)(F)F)nn2C)c1. The Morgan fingerprint density at radius 3 is 2.10 bits per heavy atom. The van der Waals surface area contributed by atoms with Gasteiger partial charge in [0.2, 0.25) is 17.6 Å². The lowest BCUT2D eigenvalue weighted by Crippen LogP contribution is -2.06. The highest BCUT2D eigenvalue weighted by molar-refractivity contribution is 6.31. The Balaban J connectivity index is 1.87. The highest BCUT2D eigenvalue weighted by atomic mass is 35.5. The fourth-order valence-corrected chi connectivity index (χ4v) is 2.63. The van der Waals surface area contributed by atoms with Crippen LogP contribution in [0.3, 0.4) is 0 Å². The minimum atomic E-state index is -4.68. The van der Waals surface area contributed by atoms with Gasteiger partial charge in [0.05, 0.1) is 10.6 Å². The van der Waals surface area contributed by atoms with Crippen LogP contribution in [-0.4, -0.2) is 14.8 Å². The number of rotatable bonds is 4. The quantitative estimate of drug-likeness (QED) is 0.431. The molecule has 2 heterocycles. The lowest BCUT2D eigenvalue weighted by molar-refractivity contribution is -0.141. The fraction of sp³-hybridized carbons (Fsp3) is 0.222. The highest BCUT2D eigenvalue weighted by Crippen LogP contribution is 2.38. The Labute approximate surface area is 170 Å². The van der Waals surface area contributed by atoms with Gasteiger partial charge in [0.1, 0.15) is 5.75 Å². The standard InChI is InChI=1S/C18H12ClF6N3O2/c1-9-5-14(29-10-3-4-12(19)11(7-10)17(20,21)22)26-15(6-9)30-16-8-13(18(23,24)25)27-28(16)2/h3-8H,1-2H3. The second kappa shape index (κ2) is 7.71. The number of pyridine rings is 1. The van der Waals surface area contributed by atoms with Crippen LogP contribution in [0.2, 0.25) is 5.02 Å². The molecular weight excluding hydrogens is 440 g/mol. The molecule has 5 nitrogen and oxygen atoms in total. The van der Waals surface area contributed by atoms with Crippen LogP contribution in [0, 0.1) is 6.92 Å². The summed E-state index contributed by atoms with van der Waals surface area (Å²) in [7, 11) is 1.25. The van der Waals surface area contributed by atoms with Crippen LogP contribution in [-0.2, 0) is 19.4 Å². The minimum Gasteiger partial charge on any atom is -0.439 e. The molecule has 3 aromatic rings. The number of hydrogen-bond acceptors (Lipinski definition) is 4. The van der Waals surface area contributed by atoms with E-state index in [9.17, 15) is 26.3 Å². The van der Waals surface area contributed by atoms with E-state index in [-0.39, 0.29) is 23.4 Å². The highest BCUT2D eigenvalue weighted by Gasteiger charge is 2.35. The summed E-state index contributed by atoms with van der Waals surface area (Å²) in [5.74, 6) is -0.682. The largest absolute Gasteiger partial charge is 0.439 e. The molecule has 0 aliphatic carbocycles. The van der Waals surface area contributed by atoms with Crippen molar-refractivity contribution in [2.75, 3.05) is 0 Å². The van der Waals surface area contributed by atoms with Gasteiger partial charge >= 0.3 is 12.4 Å². The topological polar surface area (TPSA) is 49.2 Å². The molecule has 0 bridgehead atoms. The predicted molar refractivity (Wildman–Crippen MR) is 93.8 cm³/mol. The van der Waals surface area contributed by atoms with Gasteiger partial charge in [-0.3, -0.25) is 0 Å². The average molecular weight is 452 g/mol. The second-order valence-corrected chi connectivity index (χ2v) is 6.56. The van der Waals surface area contributed by atoms with Gasteiger partial charge in [-0.2, -0.15) is 36.4 Å². The molecule has 0 radical (unpaired) electrons. The minimum absolute atomic E-state index is 0.126. The predicted octanol–water partition coefficient (Wildman–Crippen LogP) is 6.40. The van der Waals surface area contributed by atoms with Crippen molar-refractivity contribution in [1.29, 1.82) is 0 Å². The summed E-state index contributed by atoms with van der Waals surface area (Å²) in [4.78, 5) is 3.97. The molecule has 0 aliphatic rings.